The molecule has 0 saturated heterocycles. The summed E-state index contributed by atoms with van der Waals surface area (Å²) < 4.78 is 16.3. The number of anilines is 1. The summed E-state index contributed by atoms with van der Waals surface area (Å²) in [6.07, 6.45) is 0.446. The third-order valence-corrected chi connectivity index (χ3v) is 5.25. The van der Waals surface area contributed by atoms with E-state index in [1.807, 2.05) is 24.3 Å². The van der Waals surface area contributed by atoms with Crippen molar-refractivity contribution in [1.29, 1.82) is 0 Å². The molecule has 0 aliphatic carbocycles. The van der Waals surface area contributed by atoms with Crippen LogP contribution in [0.1, 0.15) is 33.4 Å². The van der Waals surface area contributed by atoms with E-state index in [1.54, 1.807) is 34.3 Å². The largest absolute Gasteiger partial charge is 0.493 e. The molecule has 0 radical (unpaired) electrons. The fourth-order valence-corrected chi connectivity index (χ4v) is 3.84. The first kappa shape index (κ1) is 20.4. The number of pyridine rings is 1. The van der Waals surface area contributed by atoms with E-state index in [4.69, 9.17) is 19.9 Å². The molecular formula is C22H23N5O4. The van der Waals surface area contributed by atoms with Crippen molar-refractivity contribution in [2.24, 2.45) is 0 Å². The highest BCUT2D eigenvalue weighted by atomic mass is 16.5. The number of aromatic nitrogens is 3. The smallest absolute Gasteiger partial charge is 0.255 e. The number of nitrogen functional groups attached to an aromatic ring is 1. The number of ether oxygens (including phenoxy) is 3. The van der Waals surface area contributed by atoms with Crippen molar-refractivity contribution in [3.05, 3.63) is 52.8 Å². The number of carbonyl (C=O) groups excluding carboxylic acids is 1. The van der Waals surface area contributed by atoms with Gasteiger partial charge >= 0.3 is 0 Å². The number of hydrogen-bond acceptors (Lipinski definition) is 8. The molecule has 0 spiro atoms. The maximum Gasteiger partial charge on any atom is 0.255 e. The first-order valence-electron chi connectivity index (χ1n) is 9.66. The Bertz CT molecular complexity index is 1160. The Morgan fingerprint density at radius 2 is 1.77 bits per heavy atom. The molecule has 1 amide bonds. The highest BCUT2D eigenvalue weighted by Gasteiger charge is 2.31. The van der Waals surface area contributed by atoms with Crippen LogP contribution in [0, 0.1) is 6.92 Å². The fourth-order valence-electron chi connectivity index (χ4n) is 3.84. The second kappa shape index (κ2) is 8.10. The topological polar surface area (TPSA) is 121 Å². The molecule has 4 rings (SSSR count). The molecule has 0 fully saturated rings. The van der Waals surface area contributed by atoms with Crippen LogP contribution in [0.15, 0.2) is 30.3 Å². The van der Waals surface area contributed by atoms with Crippen molar-refractivity contribution in [2.75, 3.05) is 27.1 Å². The zero-order valence-corrected chi connectivity index (χ0v) is 17.7. The highest BCUT2D eigenvalue weighted by Crippen LogP contribution is 2.40. The zero-order chi connectivity index (χ0) is 22.1. The molecule has 160 valence electrons. The van der Waals surface area contributed by atoms with Crippen LogP contribution in [-0.4, -0.2) is 42.2 Å². The molecule has 1 aliphatic rings. The van der Waals surface area contributed by atoms with Crippen molar-refractivity contribution in [1.82, 2.24) is 20.3 Å². The van der Waals surface area contributed by atoms with Crippen molar-refractivity contribution in [2.45, 2.75) is 19.4 Å². The monoisotopic (exact) mass is 421 g/mol. The van der Waals surface area contributed by atoms with Crippen molar-refractivity contribution in [3.63, 3.8) is 0 Å². The number of rotatable bonds is 5. The maximum absolute atomic E-state index is 12.9. The lowest BCUT2D eigenvalue weighted by Crippen LogP contribution is -2.37. The Balaban J connectivity index is 1.88. The minimum Gasteiger partial charge on any atom is -0.493 e. The summed E-state index contributed by atoms with van der Waals surface area (Å²) in [7, 11) is 4.70. The van der Waals surface area contributed by atoms with E-state index in [0.29, 0.717) is 46.4 Å². The van der Waals surface area contributed by atoms with Crippen molar-refractivity contribution < 1.29 is 19.0 Å². The summed E-state index contributed by atoms with van der Waals surface area (Å²) in [5, 5.41) is 3.06. The molecule has 0 bridgehead atoms. The van der Waals surface area contributed by atoms with Crippen LogP contribution in [0.3, 0.4) is 0 Å². The number of aryl methyl sites for hydroxylation is 1. The Labute approximate surface area is 179 Å². The summed E-state index contributed by atoms with van der Waals surface area (Å²) in [6.45, 7) is 1.75. The van der Waals surface area contributed by atoms with Crippen LogP contribution >= 0.6 is 0 Å². The van der Waals surface area contributed by atoms with Crippen LogP contribution in [0.4, 0.5) is 5.95 Å². The summed E-state index contributed by atoms with van der Waals surface area (Å²) in [6, 6.07) is 8.81. The average molecular weight is 421 g/mol. The molecule has 3 N–H and O–H groups in total. The Morgan fingerprint density at radius 1 is 1.03 bits per heavy atom. The third-order valence-electron chi connectivity index (χ3n) is 5.25. The number of benzene rings is 1. The summed E-state index contributed by atoms with van der Waals surface area (Å²) in [5.74, 6) is 1.47. The number of fused-ring (bicyclic) bond motifs is 1. The minimum atomic E-state index is -0.378. The van der Waals surface area contributed by atoms with E-state index in [-0.39, 0.29) is 17.9 Å². The Hall–Kier alpha value is -3.88. The number of nitrogens with two attached hydrogens (primary N) is 1. The normalized spacial score (nSPS) is 15.1. The van der Waals surface area contributed by atoms with E-state index in [2.05, 4.69) is 20.3 Å². The van der Waals surface area contributed by atoms with Gasteiger partial charge in [0.2, 0.25) is 11.8 Å². The Morgan fingerprint density at radius 3 is 2.48 bits per heavy atom. The zero-order valence-electron chi connectivity index (χ0n) is 17.7. The molecule has 31 heavy (non-hydrogen) atoms. The molecule has 3 aromatic rings. The van der Waals surface area contributed by atoms with Crippen molar-refractivity contribution in [3.8, 4) is 28.6 Å². The van der Waals surface area contributed by atoms with Gasteiger partial charge in [0.25, 0.3) is 5.91 Å². The lowest BCUT2D eigenvalue weighted by Gasteiger charge is -2.28. The second-order valence-corrected chi connectivity index (χ2v) is 7.08. The fraction of sp³-hybridized carbons (Fsp3) is 0.273. The summed E-state index contributed by atoms with van der Waals surface area (Å²) >= 11 is 0. The van der Waals surface area contributed by atoms with E-state index >= 15 is 0 Å². The van der Waals surface area contributed by atoms with Gasteiger partial charge in [-0.1, -0.05) is 6.07 Å². The number of methoxy groups -OCH3 is 3. The third kappa shape index (κ3) is 3.70. The average Bonchev–Trinajstić information content (AvgIpc) is 2.77. The van der Waals surface area contributed by atoms with Crippen LogP contribution in [-0.2, 0) is 6.42 Å². The van der Waals surface area contributed by atoms with E-state index in [9.17, 15) is 4.79 Å². The SMILES string of the molecule is COc1cccc(-c2cc(OC)c(OC)cc2C2Cc3nc(N)nc(C)c3C(=O)N2)n1. The second-order valence-electron chi connectivity index (χ2n) is 7.08. The van der Waals surface area contributed by atoms with Gasteiger partial charge in [-0.05, 0) is 30.7 Å². The molecule has 1 unspecified atom stereocenters. The number of carbonyl (C=O) groups is 1. The van der Waals surface area contributed by atoms with Gasteiger partial charge in [-0.2, -0.15) is 0 Å². The van der Waals surface area contributed by atoms with Gasteiger partial charge in [0, 0.05) is 18.1 Å². The number of hydrogen-bond donors (Lipinski definition) is 2. The maximum atomic E-state index is 12.9. The standard InChI is InChI=1S/C22H23N5O4/c1-11-20-16(27-22(23)24-11)10-15(26-21(20)28)13-9-18(30-3)17(29-2)8-12(13)14-6-5-7-19(25-14)31-4/h5-9,15H,10H2,1-4H3,(H,26,28)(H2,23,24,27). The number of amides is 1. The van der Waals surface area contributed by atoms with Crippen LogP contribution in [0.25, 0.3) is 11.3 Å². The molecule has 9 heteroatoms. The van der Waals surface area contributed by atoms with E-state index in [1.165, 1.54) is 0 Å². The summed E-state index contributed by atoms with van der Waals surface area (Å²) in [4.78, 5) is 25.9. The van der Waals surface area contributed by atoms with Gasteiger partial charge in [0.1, 0.15) is 0 Å². The van der Waals surface area contributed by atoms with Crippen LogP contribution in [0.2, 0.25) is 0 Å². The van der Waals surface area contributed by atoms with E-state index < -0.39 is 0 Å². The van der Waals surface area contributed by atoms with Crippen molar-refractivity contribution >= 4 is 11.9 Å². The van der Waals surface area contributed by atoms with Crippen LogP contribution in [0.5, 0.6) is 17.4 Å². The molecule has 9 nitrogen and oxygen atoms in total. The molecule has 0 saturated carbocycles. The Kier molecular flexibility index (Phi) is 5.33. The molecule has 1 atom stereocenters. The molecule has 3 heterocycles. The minimum absolute atomic E-state index is 0.145. The summed E-state index contributed by atoms with van der Waals surface area (Å²) in [5.41, 5.74) is 9.73. The highest BCUT2D eigenvalue weighted by molar-refractivity contribution is 5.98. The quantitative estimate of drug-likeness (QED) is 0.644. The lowest BCUT2D eigenvalue weighted by atomic mass is 9.89. The van der Waals surface area contributed by atoms with Gasteiger partial charge < -0.3 is 25.3 Å². The number of nitrogens with one attached hydrogen (secondary N) is 1. The van der Waals surface area contributed by atoms with Gasteiger partial charge in [-0.3, -0.25) is 4.79 Å². The molecule has 2 aromatic heterocycles. The van der Waals surface area contributed by atoms with Crippen LogP contribution < -0.4 is 25.3 Å². The predicted octanol–water partition coefficient (Wildman–Crippen LogP) is 2.48. The van der Waals surface area contributed by atoms with E-state index in [0.717, 1.165) is 11.1 Å². The molecular weight excluding hydrogens is 398 g/mol. The predicted molar refractivity (Wildman–Crippen MR) is 114 cm³/mol. The van der Waals surface area contributed by atoms with Gasteiger partial charge in [-0.15, -0.1) is 0 Å². The molecule has 1 aromatic carbocycles. The first-order chi connectivity index (χ1) is 14.9. The van der Waals surface area contributed by atoms with Gasteiger partial charge in [0.05, 0.1) is 50.0 Å². The first-order valence-corrected chi connectivity index (χ1v) is 9.66. The van der Waals surface area contributed by atoms with Gasteiger partial charge in [0.15, 0.2) is 11.5 Å². The number of nitrogens with zero attached hydrogens (tertiary/aromatic N) is 3. The van der Waals surface area contributed by atoms with Gasteiger partial charge in [-0.25, -0.2) is 15.0 Å². The lowest BCUT2D eigenvalue weighted by molar-refractivity contribution is 0.0922. The molecule has 1 aliphatic heterocycles.